The molecule has 1 fully saturated rings. The lowest BCUT2D eigenvalue weighted by atomic mass is 10.1. The van der Waals surface area contributed by atoms with Gasteiger partial charge in [-0.2, -0.15) is 11.8 Å². The summed E-state index contributed by atoms with van der Waals surface area (Å²) in [5.41, 5.74) is 1.19. The van der Waals surface area contributed by atoms with E-state index in [2.05, 4.69) is 13.8 Å². The first-order valence-electron chi connectivity index (χ1n) is 7.73. The quantitative estimate of drug-likeness (QED) is 0.764. The number of hydrogen-bond acceptors (Lipinski definition) is 5. The number of nitrogens with zero attached hydrogens (tertiary/aromatic N) is 1. The minimum Gasteiger partial charge on any atom is -0.497 e. The number of methoxy groups -OCH3 is 1. The fourth-order valence-electron chi connectivity index (χ4n) is 2.31. The molecule has 1 aliphatic heterocycles. The Kier molecular flexibility index (Phi) is 6.33. The summed E-state index contributed by atoms with van der Waals surface area (Å²) in [6.45, 7) is 4.87. The Morgan fingerprint density at radius 3 is 2.57 bits per heavy atom. The maximum atomic E-state index is 12.3. The Labute approximate surface area is 141 Å². The molecule has 1 heterocycles. The molecule has 23 heavy (non-hydrogen) atoms. The van der Waals surface area contributed by atoms with Crippen LogP contribution in [0.25, 0.3) is 0 Å². The van der Waals surface area contributed by atoms with E-state index in [-0.39, 0.29) is 11.2 Å². The van der Waals surface area contributed by atoms with Gasteiger partial charge in [0, 0.05) is 17.4 Å². The molecule has 2 amide bonds. The number of carbonyl (C=O) groups is 2. The van der Waals surface area contributed by atoms with Crippen LogP contribution in [0.3, 0.4) is 0 Å². The zero-order chi connectivity index (χ0) is 16.8. The average Bonchev–Trinajstić information content (AvgIpc) is 2.97. The highest BCUT2D eigenvalue weighted by Crippen LogP contribution is 2.28. The van der Waals surface area contributed by atoms with E-state index in [9.17, 15) is 9.59 Å². The van der Waals surface area contributed by atoms with Gasteiger partial charge in [0.05, 0.1) is 13.7 Å². The smallest absolute Gasteiger partial charge is 0.416 e. The number of thioether (sulfide) groups is 1. The van der Waals surface area contributed by atoms with Crippen LogP contribution in [0.2, 0.25) is 0 Å². The number of imide groups is 1. The molecule has 1 aromatic rings. The van der Waals surface area contributed by atoms with Crippen molar-refractivity contribution >= 4 is 23.8 Å². The first-order chi connectivity index (χ1) is 11.0. The molecule has 0 bridgehead atoms. The van der Waals surface area contributed by atoms with Crippen molar-refractivity contribution < 1.29 is 19.1 Å². The molecule has 0 N–H and O–H groups in total. The highest BCUT2D eigenvalue weighted by molar-refractivity contribution is 7.99. The Hall–Kier alpha value is -1.69. The van der Waals surface area contributed by atoms with E-state index < -0.39 is 6.09 Å². The number of amides is 2. The Balaban J connectivity index is 1.90. The van der Waals surface area contributed by atoms with Crippen LogP contribution in [0.1, 0.15) is 25.8 Å². The van der Waals surface area contributed by atoms with E-state index in [4.69, 9.17) is 9.47 Å². The molecule has 5 nitrogen and oxygen atoms in total. The first kappa shape index (κ1) is 17.7. The molecule has 0 spiro atoms. The van der Waals surface area contributed by atoms with Gasteiger partial charge in [-0.05, 0) is 23.6 Å². The molecule has 1 saturated heterocycles. The van der Waals surface area contributed by atoms with Gasteiger partial charge in [-0.25, -0.2) is 9.69 Å². The molecule has 0 aliphatic carbocycles. The molecule has 1 atom stereocenters. The highest BCUT2D eigenvalue weighted by Gasteiger charge is 2.30. The number of carbonyl (C=O) groups excluding carboxylic acids is 2. The third kappa shape index (κ3) is 4.89. The van der Waals surface area contributed by atoms with Crippen LogP contribution in [0.4, 0.5) is 4.79 Å². The predicted molar refractivity (Wildman–Crippen MR) is 90.6 cm³/mol. The van der Waals surface area contributed by atoms with Gasteiger partial charge in [-0.1, -0.05) is 26.0 Å². The van der Waals surface area contributed by atoms with Gasteiger partial charge in [0.2, 0.25) is 5.91 Å². The summed E-state index contributed by atoms with van der Waals surface area (Å²) in [5.74, 6) is 1.86. The molecule has 0 unspecified atom stereocenters. The lowest BCUT2D eigenvalue weighted by Gasteiger charge is -2.21. The molecular weight excluding hydrogens is 314 g/mol. The molecule has 1 aliphatic rings. The van der Waals surface area contributed by atoms with Crippen molar-refractivity contribution in [3.8, 4) is 5.75 Å². The van der Waals surface area contributed by atoms with E-state index in [1.54, 1.807) is 18.9 Å². The third-order valence-corrected chi connectivity index (χ3v) is 5.44. The molecule has 126 valence electrons. The summed E-state index contributed by atoms with van der Waals surface area (Å²) in [4.78, 5) is 24.9. The van der Waals surface area contributed by atoms with Crippen LogP contribution in [-0.2, 0) is 15.3 Å². The van der Waals surface area contributed by atoms with Crippen molar-refractivity contribution in [2.75, 3.05) is 20.3 Å². The maximum Gasteiger partial charge on any atom is 0.416 e. The maximum absolute atomic E-state index is 12.3. The second-order valence-electron chi connectivity index (χ2n) is 5.81. The average molecular weight is 337 g/mol. The van der Waals surface area contributed by atoms with E-state index >= 15 is 0 Å². The highest BCUT2D eigenvalue weighted by atomic mass is 32.2. The fourth-order valence-corrected chi connectivity index (χ4v) is 3.56. The summed E-state index contributed by atoms with van der Waals surface area (Å²) < 4.78 is 9.98. The van der Waals surface area contributed by atoms with Gasteiger partial charge in [0.1, 0.15) is 12.4 Å². The Morgan fingerprint density at radius 2 is 2.04 bits per heavy atom. The molecule has 2 rings (SSSR count). The first-order valence-corrected chi connectivity index (χ1v) is 8.77. The second-order valence-corrected chi connectivity index (χ2v) is 7.03. The minimum absolute atomic E-state index is 0.145. The molecule has 0 saturated carbocycles. The van der Waals surface area contributed by atoms with Crippen molar-refractivity contribution in [2.45, 2.75) is 31.3 Å². The standard InChI is InChI=1S/C17H23NO4S/c1-12(2)15(10-16(19)18-8-9-22-17(18)20)23-11-13-4-6-14(21-3)7-5-13/h4-7,12,15H,8-11H2,1-3H3/t15-/m1/s1. The van der Waals surface area contributed by atoms with E-state index in [1.165, 1.54) is 10.5 Å². The van der Waals surface area contributed by atoms with Crippen LogP contribution in [0.15, 0.2) is 24.3 Å². The van der Waals surface area contributed by atoms with Crippen LogP contribution < -0.4 is 4.74 Å². The second kappa shape index (κ2) is 8.24. The number of rotatable bonds is 7. The Bertz CT molecular complexity index is 544. The number of benzene rings is 1. The lowest BCUT2D eigenvalue weighted by molar-refractivity contribution is -0.127. The van der Waals surface area contributed by atoms with Crippen LogP contribution >= 0.6 is 11.8 Å². The minimum atomic E-state index is -0.516. The number of ether oxygens (including phenoxy) is 2. The molecule has 6 heteroatoms. The predicted octanol–water partition coefficient (Wildman–Crippen LogP) is 3.32. The summed E-state index contributed by atoms with van der Waals surface area (Å²) in [5, 5.41) is 0.165. The van der Waals surface area contributed by atoms with Gasteiger partial charge >= 0.3 is 6.09 Å². The van der Waals surface area contributed by atoms with Gasteiger partial charge in [-0.15, -0.1) is 0 Å². The van der Waals surface area contributed by atoms with E-state index in [1.807, 2.05) is 24.3 Å². The fraction of sp³-hybridized carbons (Fsp3) is 0.529. The summed E-state index contributed by atoms with van der Waals surface area (Å²) in [6, 6.07) is 7.93. The summed E-state index contributed by atoms with van der Waals surface area (Å²) in [6.07, 6.45) is -0.161. The molecular formula is C17H23NO4S. The van der Waals surface area contributed by atoms with Crippen molar-refractivity contribution in [3.05, 3.63) is 29.8 Å². The van der Waals surface area contributed by atoms with Gasteiger partial charge in [-0.3, -0.25) is 4.79 Å². The number of cyclic esters (lactones) is 1. The Morgan fingerprint density at radius 1 is 1.35 bits per heavy atom. The SMILES string of the molecule is COc1ccc(CS[C@H](CC(=O)N2CCOC2=O)C(C)C)cc1. The van der Waals surface area contributed by atoms with Crippen LogP contribution in [-0.4, -0.2) is 42.4 Å². The zero-order valence-electron chi connectivity index (χ0n) is 13.8. The monoisotopic (exact) mass is 337 g/mol. The lowest BCUT2D eigenvalue weighted by Crippen LogP contribution is -2.34. The van der Waals surface area contributed by atoms with Gasteiger partial charge in [0.25, 0.3) is 0 Å². The summed E-state index contributed by atoms with van der Waals surface area (Å²) >= 11 is 1.74. The largest absolute Gasteiger partial charge is 0.497 e. The van der Waals surface area contributed by atoms with Crippen molar-refractivity contribution in [2.24, 2.45) is 5.92 Å². The van der Waals surface area contributed by atoms with Crippen LogP contribution in [0.5, 0.6) is 5.75 Å². The zero-order valence-corrected chi connectivity index (χ0v) is 14.6. The molecule has 0 radical (unpaired) electrons. The van der Waals surface area contributed by atoms with Crippen molar-refractivity contribution in [1.29, 1.82) is 0 Å². The van der Waals surface area contributed by atoms with Gasteiger partial charge < -0.3 is 9.47 Å². The number of hydrogen-bond donors (Lipinski definition) is 0. The van der Waals surface area contributed by atoms with Crippen molar-refractivity contribution in [3.63, 3.8) is 0 Å². The normalized spacial score (nSPS) is 15.7. The van der Waals surface area contributed by atoms with E-state index in [0.717, 1.165) is 11.5 Å². The van der Waals surface area contributed by atoms with Crippen molar-refractivity contribution in [1.82, 2.24) is 4.90 Å². The third-order valence-electron chi connectivity index (χ3n) is 3.80. The van der Waals surface area contributed by atoms with E-state index in [0.29, 0.717) is 25.5 Å². The molecule has 0 aromatic heterocycles. The van der Waals surface area contributed by atoms with Gasteiger partial charge in [0.15, 0.2) is 0 Å². The summed E-state index contributed by atoms with van der Waals surface area (Å²) in [7, 11) is 1.65. The topological polar surface area (TPSA) is 55.8 Å². The molecule has 1 aromatic carbocycles. The van der Waals surface area contributed by atoms with Crippen LogP contribution in [0, 0.1) is 5.92 Å².